The van der Waals surface area contributed by atoms with Gasteiger partial charge in [0, 0.05) is 23.7 Å². The molecule has 4 unspecified atom stereocenters. The smallest absolute Gasteiger partial charge is 0.0687 e. The van der Waals surface area contributed by atoms with Gasteiger partial charge in [-0.25, -0.2) is 0 Å². The maximum absolute atomic E-state index is 10.8. The molecule has 0 saturated carbocycles. The van der Waals surface area contributed by atoms with E-state index in [1.54, 1.807) is 0 Å². The molecular formula is C39H40O. The molecule has 0 heterocycles. The average molecular weight is 525 g/mol. The van der Waals surface area contributed by atoms with Gasteiger partial charge in [0.2, 0.25) is 0 Å². The Morgan fingerprint density at radius 2 is 0.700 bits per heavy atom. The SMILES string of the molecule is CC(c1ccccc1)c1ccccc1C(C)c1cc(C(C)c2ccccc2)c(CO)c(C(C)c2ccccc2)c1. The molecule has 0 radical (unpaired) electrons. The first-order valence-electron chi connectivity index (χ1n) is 14.5. The van der Waals surface area contributed by atoms with Crippen LogP contribution in [0, 0.1) is 0 Å². The Hall–Kier alpha value is -3.94. The van der Waals surface area contributed by atoms with Gasteiger partial charge in [-0.2, -0.15) is 0 Å². The van der Waals surface area contributed by atoms with E-state index in [2.05, 4.69) is 155 Å². The summed E-state index contributed by atoms with van der Waals surface area (Å²) in [6.07, 6.45) is 0. The van der Waals surface area contributed by atoms with Crippen LogP contribution in [0.5, 0.6) is 0 Å². The van der Waals surface area contributed by atoms with Crippen LogP contribution < -0.4 is 0 Å². The molecule has 0 saturated heterocycles. The maximum Gasteiger partial charge on any atom is 0.0687 e. The first kappa shape index (κ1) is 27.6. The molecule has 0 aliphatic heterocycles. The van der Waals surface area contributed by atoms with Gasteiger partial charge in [-0.15, -0.1) is 0 Å². The van der Waals surface area contributed by atoms with Crippen molar-refractivity contribution in [3.8, 4) is 0 Å². The Morgan fingerprint density at radius 3 is 1.05 bits per heavy atom. The number of benzene rings is 5. The highest BCUT2D eigenvalue weighted by molar-refractivity contribution is 5.51. The Labute approximate surface area is 240 Å². The van der Waals surface area contributed by atoms with Crippen LogP contribution in [0.4, 0.5) is 0 Å². The van der Waals surface area contributed by atoms with Crippen molar-refractivity contribution in [1.29, 1.82) is 0 Å². The van der Waals surface area contributed by atoms with Gasteiger partial charge in [0.15, 0.2) is 0 Å². The summed E-state index contributed by atoms with van der Waals surface area (Å²) in [5, 5.41) is 10.8. The summed E-state index contributed by atoms with van der Waals surface area (Å²) in [5.41, 5.74) is 11.3. The first-order valence-corrected chi connectivity index (χ1v) is 14.5. The molecule has 1 nitrogen and oxygen atoms in total. The van der Waals surface area contributed by atoms with Gasteiger partial charge in [-0.1, -0.05) is 155 Å². The molecule has 0 bridgehead atoms. The van der Waals surface area contributed by atoms with Crippen LogP contribution in [-0.4, -0.2) is 5.11 Å². The zero-order valence-electron chi connectivity index (χ0n) is 24.1. The molecule has 4 atom stereocenters. The summed E-state index contributed by atoms with van der Waals surface area (Å²) in [6, 6.07) is 45.7. The number of hydrogen-bond acceptors (Lipinski definition) is 1. The summed E-state index contributed by atoms with van der Waals surface area (Å²) in [6.45, 7) is 9.19. The normalized spacial score (nSPS) is 14.3. The van der Waals surface area contributed by atoms with Gasteiger partial charge in [-0.05, 0) is 50.1 Å². The van der Waals surface area contributed by atoms with Crippen molar-refractivity contribution in [2.75, 3.05) is 0 Å². The molecule has 1 N–H and O–H groups in total. The van der Waals surface area contributed by atoms with Gasteiger partial charge < -0.3 is 5.11 Å². The lowest BCUT2D eigenvalue weighted by molar-refractivity contribution is 0.278. The van der Waals surface area contributed by atoms with Gasteiger partial charge in [0.05, 0.1) is 6.61 Å². The summed E-state index contributed by atoms with van der Waals surface area (Å²) in [4.78, 5) is 0. The van der Waals surface area contributed by atoms with E-state index in [9.17, 15) is 5.11 Å². The monoisotopic (exact) mass is 524 g/mol. The summed E-state index contributed by atoms with van der Waals surface area (Å²) in [7, 11) is 0. The lowest BCUT2D eigenvalue weighted by Crippen LogP contribution is -2.12. The second-order valence-electron chi connectivity index (χ2n) is 11.1. The van der Waals surface area contributed by atoms with E-state index in [-0.39, 0.29) is 24.4 Å². The van der Waals surface area contributed by atoms with Crippen LogP contribution in [0.1, 0.15) is 101 Å². The van der Waals surface area contributed by atoms with Gasteiger partial charge in [0.1, 0.15) is 0 Å². The number of aliphatic hydroxyl groups is 1. The lowest BCUT2D eigenvalue weighted by atomic mass is 9.77. The van der Waals surface area contributed by atoms with Crippen molar-refractivity contribution in [2.45, 2.75) is 58.0 Å². The van der Waals surface area contributed by atoms with E-state index < -0.39 is 0 Å². The number of aliphatic hydroxyl groups excluding tert-OH is 1. The molecule has 5 aromatic carbocycles. The molecular weight excluding hydrogens is 484 g/mol. The fourth-order valence-corrected chi connectivity index (χ4v) is 6.19. The third kappa shape index (κ3) is 5.67. The predicted molar refractivity (Wildman–Crippen MR) is 168 cm³/mol. The van der Waals surface area contributed by atoms with Crippen molar-refractivity contribution in [3.63, 3.8) is 0 Å². The largest absolute Gasteiger partial charge is 0.392 e. The van der Waals surface area contributed by atoms with Crippen LogP contribution in [0.25, 0.3) is 0 Å². The maximum atomic E-state index is 10.8. The Kier molecular flexibility index (Phi) is 8.63. The second-order valence-corrected chi connectivity index (χ2v) is 11.1. The third-order valence-electron chi connectivity index (χ3n) is 8.76. The number of hydrogen-bond donors (Lipinski definition) is 1. The Bertz CT molecular complexity index is 1460. The molecule has 5 rings (SSSR count). The third-order valence-corrected chi connectivity index (χ3v) is 8.76. The topological polar surface area (TPSA) is 20.2 Å². The van der Waals surface area contributed by atoms with Crippen molar-refractivity contribution < 1.29 is 5.11 Å². The van der Waals surface area contributed by atoms with Crippen LogP contribution >= 0.6 is 0 Å². The molecule has 0 aliphatic carbocycles. The molecule has 202 valence electrons. The fraction of sp³-hybridized carbons (Fsp3) is 0.231. The van der Waals surface area contributed by atoms with Gasteiger partial charge >= 0.3 is 0 Å². The molecule has 0 amide bonds. The minimum atomic E-state index is 0.0231. The van der Waals surface area contributed by atoms with Crippen molar-refractivity contribution in [3.05, 3.63) is 177 Å². The van der Waals surface area contributed by atoms with E-state index in [1.807, 2.05) is 0 Å². The van der Waals surface area contributed by atoms with Crippen molar-refractivity contribution in [1.82, 2.24) is 0 Å². The van der Waals surface area contributed by atoms with Crippen LogP contribution in [0.2, 0.25) is 0 Å². The number of rotatable bonds is 9. The van der Waals surface area contributed by atoms with E-state index in [1.165, 1.54) is 44.5 Å². The van der Waals surface area contributed by atoms with Gasteiger partial charge in [-0.3, -0.25) is 0 Å². The molecule has 0 aromatic heterocycles. The minimum Gasteiger partial charge on any atom is -0.392 e. The highest BCUT2D eigenvalue weighted by Crippen LogP contribution is 2.40. The molecule has 0 spiro atoms. The molecule has 5 aromatic rings. The zero-order valence-corrected chi connectivity index (χ0v) is 24.1. The quantitative estimate of drug-likeness (QED) is 0.203. The molecule has 1 heteroatoms. The fourth-order valence-electron chi connectivity index (χ4n) is 6.19. The highest BCUT2D eigenvalue weighted by atomic mass is 16.3. The predicted octanol–water partition coefficient (Wildman–Crippen LogP) is 9.79. The van der Waals surface area contributed by atoms with E-state index in [0.717, 1.165) is 5.56 Å². The standard InChI is InChI=1S/C39H40O/c1-27(31-16-8-5-9-17-31)35-22-14-15-23-36(35)30(4)34-24-37(28(2)32-18-10-6-11-19-32)39(26-40)38(25-34)29(3)33-20-12-7-13-21-33/h5-25,27-30,40H,26H2,1-4H3. The zero-order chi connectivity index (χ0) is 28.1. The van der Waals surface area contributed by atoms with Crippen LogP contribution in [0.15, 0.2) is 127 Å². The highest BCUT2D eigenvalue weighted by Gasteiger charge is 2.24. The Balaban J connectivity index is 1.66. The first-order chi connectivity index (χ1) is 19.5. The molecule has 40 heavy (non-hydrogen) atoms. The van der Waals surface area contributed by atoms with E-state index in [0.29, 0.717) is 5.92 Å². The van der Waals surface area contributed by atoms with E-state index in [4.69, 9.17) is 0 Å². The van der Waals surface area contributed by atoms with Crippen molar-refractivity contribution >= 4 is 0 Å². The van der Waals surface area contributed by atoms with E-state index >= 15 is 0 Å². The van der Waals surface area contributed by atoms with Gasteiger partial charge in [0.25, 0.3) is 0 Å². The van der Waals surface area contributed by atoms with Crippen LogP contribution in [0.3, 0.4) is 0 Å². The minimum absolute atomic E-state index is 0.0231. The van der Waals surface area contributed by atoms with Crippen molar-refractivity contribution in [2.24, 2.45) is 0 Å². The molecule has 0 fully saturated rings. The average Bonchev–Trinajstić information content (AvgIpc) is 3.04. The van der Waals surface area contributed by atoms with Crippen LogP contribution in [-0.2, 0) is 6.61 Å². The summed E-state index contributed by atoms with van der Waals surface area (Å²) < 4.78 is 0. The second kappa shape index (κ2) is 12.5. The summed E-state index contributed by atoms with van der Waals surface area (Å²) in [5.74, 6) is 0.812. The lowest BCUT2D eigenvalue weighted by Gasteiger charge is -2.27. The summed E-state index contributed by atoms with van der Waals surface area (Å²) >= 11 is 0. The molecule has 0 aliphatic rings. The Morgan fingerprint density at radius 1 is 0.400 bits per heavy atom.